The number of carbonyl (C=O) groups excluding carboxylic acids is 1. The Hall–Kier alpha value is -2.63. The number of carboxylic acids is 1. The summed E-state index contributed by atoms with van der Waals surface area (Å²) < 4.78 is 0. The van der Waals surface area contributed by atoms with Crippen LogP contribution in [0.25, 0.3) is 10.9 Å². The molecule has 0 radical (unpaired) electrons. The van der Waals surface area contributed by atoms with Gasteiger partial charge in [0.15, 0.2) is 0 Å². The molecule has 6 heteroatoms. The van der Waals surface area contributed by atoms with Crippen LogP contribution in [0, 0.1) is 5.92 Å². The molecule has 1 atom stereocenters. The highest BCUT2D eigenvalue weighted by atomic mass is 16.4. The predicted octanol–water partition coefficient (Wildman–Crippen LogP) is 1.37. The van der Waals surface area contributed by atoms with Crippen LogP contribution < -0.4 is 10.7 Å². The molecule has 110 valence electrons. The van der Waals surface area contributed by atoms with Crippen molar-refractivity contribution in [2.45, 2.75) is 13.3 Å². The highest BCUT2D eigenvalue weighted by molar-refractivity contribution is 5.97. The fraction of sp³-hybridized carbons (Fsp3) is 0.267. The van der Waals surface area contributed by atoms with Crippen LogP contribution in [0.5, 0.6) is 0 Å². The van der Waals surface area contributed by atoms with E-state index < -0.39 is 17.8 Å². The van der Waals surface area contributed by atoms with E-state index in [-0.39, 0.29) is 17.5 Å². The molecular formula is C15H16N2O4. The monoisotopic (exact) mass is 288 g/mol. The van der Waals surface area contributed by atoms with Gasteiger partial charge in [0.1, 0.15) is 5.56 Å². The van der Waals surface area contributed by atoms with Gasteiger partial charge in [-0.1, -0.05) is 19.1 Å². The molecule has 0 aliphatic carbocycles. The van der Waals surface area contributed by atoms with Crippen LogP contribution in [0.1, 0.15) is 23.7 Å². The van der Waals surface area contributed by atoms with Gasteiger partial charge < -0.3 is 15.4 Å². The van der Waals surface area contributed by atoms with E-state index >= 15 is 0 Å². The van der Waals surface area contributed by atoms with Gasteiger partial charge in [-0.05, 0) is 18.6 Å². The van der Waals surface area contributed by atoms with Crippen molar-refractivity contribution in [3.63, 3.8) is 0 Å². The van der Waals surface area contributed by atoms with Crippen molar-refractivity contribution < 1.29 is 14.7 Å². The van der Waals surface area contributed by atoms with Crippen molar-refractivity contribution in [2.24, 2.45) is 5.92 Å². The molecule has 0 fully saturated rings. The van der Waals surface area contributed by atoms with E-state index in [2.05, 4.69) is 10.3 Å². The lowest BCUT2D eigenvalue weighted by atomic mass is 10.1. The Labute approximate surface area is 120 Å². The smallest absolute Gasteiger partial charge is 0.306 e. The minimum absolute atomic E-state index is 0.0247. The molecule has 0 saturated carbocycles. The largest absolute Gasteiger partial charge is 0.481 e. The molecule has 0 aliphatic rings. The van der Waals surface area contributed by atoms with E-state index in [1.165, 1.54) is 6.20 Å². The summed E-state index contributed by atoms with van der Waals surface area (Å²) in [6.07, 6.45) is 1.69. The Morgan fingerprint density at radius 2 is 2.05 bits per heavy atom. The maximum Gasteiger partial charge on any atom is 0.306 e. The number of aromatic amines is 1. The Morgan fingerprint density at radius 1 is 1.33 bits per heavy atom. The van der Waals surface area contributed by atoms with Crippen LogP contribution in [-0.2, 0) is 4.79 Å². The summed E-state index contributed by atoms with van der Waals surface area (Å²) in [5.74, 6) is -1.95. The third-order valence-corrected chi connectivity index (χ3v) is 3.32. The molecule has 21 heavy (non-hydrogen) atoms. The van der Waals surface area contributed by atoms with E-state index in [0.29, 0.717) is 17.3 Å². The molecule has 1 aromatic heterocycles. The molecular weight excluding hydrogens is 272 g/mol. The van der Waals surface area contributed by atoms with E-state index in [1.807, 2.05) is 0 Å². The van der Waals surface area contributed by atoms with Crippen LogP contribution in [0.4, 0.5) is 0 Å². The maximum atomic E-state index is 12.2. The summed E-state index contributed by atoms with van der Waals surface area (Å²) in [7, 11) is 0. The van der Waals surface area contributed by atoms with Gasteiger partial charge in [0.25, 0.3) is 5.91 Å². The fourth-order valence-corrected chi connectivity index (χ4v) is 1.96. The van der Waals surface area contributed by atoms with Crippen molar-refractivity contribution in [2.75, 3.05) is 6.54 Å². The molecule has 6 nitrogen and oxygen atoms in total. The molecule has 1 amide bonds. The third-order valence-electron chi connectivity index (χ3n) is 3.32. The number of H-pyrrole nitrogens is 1. The molecule has 0 aliphatic heterocycles. The number of benzene rings is 1. The lowest BCUT2D eigenvalue weighted by Crippen LogP contribution is -2.31. The minimum Gasteiger partial charge on any atom is -0.481 e. The van der Waals surface area contributed by atoms with Crippen molar-refractivity contribution in [1.29, 1.82) is 0 Å². The van der Waals surface area contributed by atoms with Crippen LogP contribution in [0.2, 0.25) is 0 Å². The number of carbonyl (C=O) groups is 2. The Morgan fingerprint density at radius 3 is 2.76 bits per heavy atom. The summed E-state index contributed by atoms with van der Waals surface area (Å²) in [5, 5.41) is 11.8. The van der Waals surface area contributed by atoms with E-state index in [4.69, 9.17) is 5.11 Å². The zero-order valence-electron chi connectivity index (χ0n) is 11.6. The number of hydrogen-bond acceptors (Lipinski definition) is 3. The van der Waals surface area contributed by atoms with Crippen LogP contribution in [0.3, 0.4) is 0 Å². The summed E-state index contributed by atoms with van der Waals surface area (Å²) in [4.78, 5) is 37.8. The van der Waals surface area contributed by atoms with Crippen LogP contribution in [0.15, 0.2) is 35.3 Å². The Balaban J connectivity index is 2.11. The number of nitrogens with one attached hydrogen (secondary N) is 2. The van der Waals surface area contributed by atoms with Gasteiger partial charge in [0, 0.05) is 23.6 Å². The normalized spacial score (nSPS) is 12.0. The van der Waals surface area contributed by atoms with Gasteiger partial charge in [-0.3, -0.25) is 14.4 Å². The number of para-hydroxylation sites is 1. The lowest BCUT2D eigenvalue weighted by molar-refractivity contribution is -0.141. The van der Waals surface area contributed by atoms with Crippen molar-refractivity contribution >= 4 is 22.8 Å². The molecule has 1 aromatic carbocycles. The average Bonchev–Trinajstić information content (AvgIpc) is 2.47. The first-order chi connectivity index (χ1) is 10.0. The van der Waals surface area contributed by atoms with Gasteiger partial charge in [0.05, 0.1) is 5.92 Å². The van der Waals surface area contributed by atoms with Crippen molar-refractivity contribution in [3.8, 4) is 0 Å². The van der Waals surface area contributed by atoms with Crippen molar-refractivity contribution in [1.82, 2.24) is 10.3 Å². The third kappa shape index (κ3) is 3.28. The second-order valence-corrected chi connectivity index (χ2v) is 4.86. The molecule has 0 bridgehead atoms. The highest BCUT2D eigenvalue weighted by Crippen LogP contribution is 2.07. The summed E-state index contributed by atoms with van der Waals surface area (Å²) in [5.41, 5.74) is 0.350. The van der Waals surface area contributed by atoms with Gasteiger partial charge in [0.2, 0.25) is 5.43 Å². The molecule has 1 unspecified atom stereocenters. The van der Waals surface area contributed by atoms with E-state index in [0.717, 1.165) is 0 Å². The first-order valence-corrected chi connectivity index (χ1v) is 6.62. The predicted molar refractivity (Wildman–Crippen MR) is 78.3 cm³/mol. The highest BCUT2D eigenvalue weighted by Gasteiger charge is 2.14. The van der Waals surface area contributed by atoms with Crippen molar-refractivity contribution in [3.05, 3.63) is 46.2 Å². The number of pyridine rings is 1. The fourth-order valence-electron chi connectivity index (χ4n) is 1.96. The average molecular weight is 288 g/mol. The standard InChI is InChI=1S/C15H16N2O4/c1-9(15(20)21)6-7-16-14(19)11-8-17-12-5-3-2-4-10(12)13(11)18/h2-5,8-9H,6-7H2,1H3,(H,16,19)(H,17,18)(H,20,21). The van der Waals surface area contributed by atoms with Gasteiger partial charge in [-0.2, -0.15) is 0 Å². The summed E-state index contributed by atoms with van der Waals surface area (Å²) in [6, 6.07) is 6.93. The maximum absolute atomic E-state index is 12.2. The number of amides is 1. The topological polar surface area (TPSA) is 99.3 Å². The minimum atomic E-state index is -0.909. The number of rotatable bonds is 5. The number of hydrogen-bond donors (Lipinski definition) is 3. The second-order valence-electron chi connectivity index (χ2n) is 4.86. The number of aliphatic carboxylic acids is 1. The summed E-state index contributed by atoms with van der Waals surface area (Å²) >= 11 is 0. The number of carboxylic acid groups (broad SMARTS) is 1. The number of aromatic nitrogens is 1. The molecule has 1 heterocycles. The molecule has 2 aromatic rings. The van der Waals surface area contributed by atoms with E-state index in [1.54, 1.807) is 31.2 Å². The molecule has 3 N–H and O–H groups in total. The lowest BCUT2D eigenvalue weighted by Gasteiger charge is -2.08. The SMILES string of the molecule is CC(CCNC(=O)c1c[nH]c2ccccc2c1=O)C(=O)O. The van der Waals surface area contributed by atoms with Gasteiger partial charge >= 0.3 is 5.97 Å². The van der Waals surface area contributed by atoms with E-state index in [9.17, 15) is 14.4 Å². The first kappa shape index (κ1) is 14.8. The second kappa shape index (κ2) is 6.21. The molecule has 0 spiro atoms. The molecule has 2 rings (SSSR count). The Kier molecular flexibility index (Phi) is 4.37. The van der Waals surface area contributed by atoms with Gasteiger partial charge in [-0.25, -0.2) is 0 Å². The Bertz CT molecular complexity index is 736. The van der Waals surface area contributed by atoms with Crippen LogP contribution in [-0.4, -0.2) is 28.5 Å². The summed E-state index contributed by atoms with van der Waals surface area (Å²) in [6.45, 7) is 1.77. The first-order valence-electron chi connectivity index (χ1n) is 6.62. The van der Waals surface area contributed by atoms with Crippen LogP contribution >= 0.6 is 0 Å². The quantitative estimate of drug-likeness (QED) is 0.773. The number of fused-ring (bicyclic) bond motifs is 1. The zero-order valence-corrected chi connectivity index (χ0v) is 11.6. The molecule has 0 saturated heterocycles. The van der Waals surface area contributed by atoms with Gasteiger partial charge in [-0.15, -0.1) is 0 Å². The zero-order chi connectivity index (χ0) is 15.4.